The van der Waals surface area contributed by atoms with E-state index in [0.717, 1.165) is 0 Å². The molecule has 0 aliphatic carbocycles. The summed E-state index contributed by atoms with van der Waals surface area (Å²) in [5.74, 6) is -0.800. The first-order chi connectivity index (χ1) is 7.93. The molecule has 0 aliphatic rings. The number of carbonyl (C=O) groups is 2. The molecule has 0 saturated carbocycles. The van der Waals surface area contributed by atoms with Gasteiger partial charge >= 0.3 is 5.97 Å². The molecule has 17 heavy (non-hydrogen) atoms. The van der Waals surface area contributed by atoms with E-state index in [0.29, 0.717) is 5.76 Å². The van der Waals surface area contributed by atoms with Gasteiger partial charge in [0, 0.05) is 14.1 Å². The zero-order chi connectivity index (χ0) is 13.0. The van der Waals surface area contributed by atoms with Crippen LogP contribution in [0, 0.1) is 0 Å². The number of hydrogen-bond donors (Lipinski definition) is 2. The molecule has 1 heterocycles. The van der Waals surface area contributed by atoms with Crippen LogP contribution in [-0.2, 0) is 11.3 Å². The van der Waals surface area contributed by atoms with E-state index >= 15 is 0 Å². The van der Waals surface area contributed by atoms with Crippen molar-refractivity contribution >= 4 is 11.9 Å². The maximum atomic E-state index is 11.5. The second kappa shape index (κ2) is 5.49. The first-order valence-electron chi connectivity index (χ1n) is 5.17. The SMILES string of the molecule is CC(NCc1occc1C(=O)O)C(=O)N(C)C. The lowest BCUT2D eigenvalue weighted by Gasteiger charge is -2.17. The van der Waals surface area contributed by atoms with Gasteiger partial charge in [-0.3, -0.25) is 10.1 Å². The Labute approximate surface area is 99.2 Å². The van der Waals surface area contributed by atoms with Gasteiger partial charge in [-0.15, -0.1) is 0 Å². The highest BCUT2D eigenvalue weighted by atomic mass is 16.4. The van der Waals surface area contributed by atoms with Gasteiger partial charge in [0.15, 0.2) is 0 Å². The number of amides is 1. The summed E-state index contributed by atoms with van der Waals surface area (Å²) in [6.07, 6.45) is 1.32. The molecular formula is C11H16N2O4. The molecule has 0 spiro atoms. The van der Waals surface area contributed by atoms with Crippen molar-refractivity contribution in [2.45, 2.75) is 19.5 Å². The van der Waals surface area contributed by atoms with E-state index in [2.05, 4.69) is 5.32 Å². The predicted octanol–water partition coefficient (Wildman–Crippen LogP) is 0.544. The second-order valence-electron chi connectivity index (χ2n) is 3.90. The van der Waals surface area contributed by atoms with E-state index in [4.69, 9.17) is 9.52 Å². The van der Waals surface area contributed by atoms with Gasteiger partial charge in [0.2, 0.25) is 5.91 Å². The van der Waals surface area contributed by atoms with Gasteiger partial charge in [0.25, 0.3) is 0 Å². The third-order valence-corrected chi connectivity index (χ3v) is 2.36. The summed E-state index contributed by atoms with van der Waals surface area (Å²) in [6.45, 7) is 1.92. The standard InChI is InChI=1S/C11H16N2O4/c1-7(10(14)13(2)3)12-6-9-8(11(15)16)4-5-17-9/h4-5,7,12H,6H2,1-3H3,(H,15,16). The van der Waals surface area contributed by atoms with Crippen molar-refractivity contribution in [3.05, 3.63) is 23.7 Å². The molecule has 1 aromatic rings. The maximum absolute atomic E-state index is 11.5. The summed E-state index contributed by atoms with van der Waals surface area (Å²) >= 11 is 0. The Morgan fingerprint density at radius 2 is 2.18 bits per heavy atom. The van der Waals surface area contributed by atoms with E-state index in [1.807, 2.05) is 0 Å². The summed E-state index contributed by atoms with van der Waals surface area (Å²) in [5.41, 5.74) is 0.113. The summed E-state index contributed by atoms with van der Waals surface area (Å²) in [6, 6.07) is 0.995. The molecule has 0 aromatic carbocycles. The van der Waals surface area contributed by atoms with Crippen molar-refractivity contribution in [3.8, 4) is 0 Å². The normalized spacial score (nSPS) is 12.2. The quantitative estimate of drug-likeness (QED) is 0.785. The van der Waals surface area contributed by atoms with Gasteiger partial charge in [0.05, 0.1) is 18.8 Å². The van der Waals surface area contributed by atoms with Crippen molar-refractivity contribution < 1.29 is 19.1 Å². The minimum absolute atomic E-state index is 0.0755. The van der Waals surface area contributed by atoms with Crippen LogP contribution in [0.25, 0.3) is 0 Å². The summed E-state index contributed by atoms with van der Waals surface area (Å²) in [7, 11) is 3.33. The van der Waals surface area contributed by atoms with Crippen LogP contribution in [0.3, 0.4) is 0 Å². The molecule has 2 N–H and O–H groups in total. The molecule has 1 aromatic heterocycles. The van der Waals surface area contributed by atoms with Crippen LogP contribution in [0.5, 0.6) is 0 Å². The molecule has 1 unspecified atom stereocenters. The molecular weight excluding hydrogens is 224 g/mol. The fourth-order valence-electron chi connectivity index (χ4n) is 1.39. The summed E-state index contributed by atoms with van der Waals surface area (Å²) in [5, 5.41) is 11.8. The van der Waals surface area contributed by atoms with Crippen molar-refractivity contribution in [2.75, 3.05) is 14.1 Å². The topological polar surface area (TPSA) is 82.8 Å². The monoisotopic (exact) mass is 240 g/mol. The molecule has 0 aliphatic heterocycles. The highest BCUT2D eigenvalue weighted by Crippen LogP contribution is 2.10. The van der Waals surface area contributed by atoms with Crippen LogP contribution in [0.1, 0.15) is 23.0 Å². The second-order valence-corrected chi connectivity index (χ2v) is 3.90. The van der Waals surface area contributed by atoms with Crippen molar-refractivity contribution in [2.24, 2.45) is 0 Å². The zero-order valence-corrected chi connectivity index (χ0v) is 10.1. The van der Waals surface area contributed by atoms with Crippen LogP contribution in [0.4, 0.5) is 0 Å². The van der Waals surface area contributed by atoms with Crippen LogP contribution in [0.15, 0.2) is 16.7 Å². The number of rotatable bonds is 5. The van der Waals surface area contributed by atoms with Gasteiger partial charge in [0.1, 0.15) is 11.3 Å². The van der Waals surface area contributed by atoms with Crippen molar-refractivity contribution in [1.82, 2.24) is 10.2 Å². The fraction of sp³-hybridized carbons (Fsp3) is 0.455. The molecule has 1 rings (SSSR count). The molecule has 6 nitrogen and oxygen atoms in total. The van der Waals surface area contributed by atoms with Crippen molar-refractivity contribution in [3.63, 3.8) is 0 Å². The van der Waals surface area contributed by atoms with Gasteiger partial charge in [-0.1, -0.05) is 0 Å². The molecule has 0 saturated heterocycles. The number of carbonyl (C=O) groups excluding carboxylic acids is 1. The highest BCUT2D eigenvalue weighted by Gasteiger charge is 2.17. The van der Waals surface area contributed by atoms with Crippen molar-refractivity contribution in [1.29, 1.82) is 0 Å². The van der Waals surface area contributed by atoms with E-state index in [1.165, 1.54) is 17.2 Å². The Kier molecular flexibility index (Phi) is 4.28. The van der Waals surface area contributed by atoms with Crippen LogP contribution >= 0.6 is 0 Å². The maximum Gasteiger partial charge on any atom is 0.339 e. The molecule has 0 radical (unpaired) electrons. The Morgan fingerprint density at radius 3 is 2.71 bits per heavy atom. The van der Waals surface area contributed by atoms with Gasteiger partial charge in [-0.2, -0.15) is 0 Å². The largest absolute Gasteiger partial charge is 0.478 e. The van der Waals surface area contributed by atoms with E-state index in [9.17, 15) is 9.59 Å². The third kappa shape index (κ3) is 3.32. The molecule has 0 fully saturated rings. The number of aromatic carboxylic acids is 1. The number of carboxylic acids is 1. The minimum atomic E-state index is -1.04. The van der Waals surface area contributed by atoms with Crippen LogP contribution in [-0.4, -0.2) is 42.0 Å². The van der Waals surface area contributed by atoms with E-state index in [1.54, 1.807) is 21.0 Å². The van der Waals surface area contributed by atoms with Crippen LogP contribution < -0.4 is 5.32 Å². The molecule has 94 valence electrons. The van der Waals surface area contributed by atoms with Gasteiger partial charge in [-0.05, 0) is 13.0 Å². The van der Waals surface area contributed by atoms with Gasteiger partial charge in [-0.25, -0.2) is 4.79 Å². The number of furan rings is 1. The predicted molar refractivity (Wildman–Crippen MR) is 60.7 cm³/mol. The summed E-state index contributed by atoms with van der Waals surface area (Å²) in [4.78, 5) is 23.8. The minimum Gasteiger partial charge on any atom is -0.478 e. The third-order valence-electron chi connectivity index (χ3n) is 2.36. The Balaban J connectivity index is 2.59. The molecule has 1 amide bonds. The Morgan fingerprint density at radius 1 is 1.53 bits per heavy atom. The average Bonchev–Trinajstić information content (AvgIpc) is 2.72. The lowest BCUT2D eigenvalue weighted by atomic mass is 10.2. The van der Waals surface area contributed by atoms with E-state index in [-0.39, 0.29) is 18.0 Å². The number of nitrogens with zero attached hydrogens (tertiary/aromatic N) is 1. The Bertz CT molecular complexity index is 411. The summed E-state index contributed by atoms with van der Waals surface area (Å²) < 4.78 is 5.05. The number of likely N-dealkylation sites (N-methyl/N-ethyl adjacent to an activating group) is 1. The van der Waals surface area contributed by atoms with E-state index < -0.39 is 12.0 Å². The molecule has 0 bridgehead atoms. The Hall–Kier alpha value is -1.82. The smallest absolute Gasteiger partial charge is 0.339 e. The number of nitrogens with one attached hydrogen (secondary N) is 1. The van der Waals surface area contributed by atoms with Gasteiger partial charge < -0.3 is 14.4 Å². The zero-order valence-electron chi connectivity index (χ0n) is 10.1. The first-order valence-corrected chi connectivity index (χ1v) is 5.17. The number of carboxylic acid groups (broad SMARTS) is 1. The first kappa shape index (κ1) is 13.2. The number of hydrogen-bond acceptors (Lipinski definition) is 4. The lowest BCUT2D eigenvalue weighted by Crippen LogP contribution is -2.41. The highest BCUT2D eigenvalue weighted by molar-refractivity contribution is 5.88. The molecule has 1 atom stereocenters. The molecule has 6 heteroatoms. The lowest BCUT2D eigenvalue weighted by molar-refractivity contribution is -0.130. The average molecular weight is 240 g/mol. The van der Waals surface area contributed by atoms with Crippen LogP contribution in [0.2, 0.25) is 0 Å². The fourth-order valence-corrected chi connectivity index (χ4v) is 1.39.